The average molecular weight is 320 g/mol. The summed E-state index contributed by atoms with van der Waals surface area (Å²) < 4.78 is 28.4. The van der Waals surface area contributed by atoms with Crippen LogP contribution < -0.4 is 14.6 Å². The third-order valence-corrected chi connectivity index (χ3v) is 3.00. The second-order valence-corrected chi connectivity index (χ2v) is 5.62. The van der Waals surface area contributed by atoms with E-state index in [0.29, 0.717) is 5.02 Å². The number of nitrogens with two attached hydrogens (primary N) is 1. The molecule has 1 rings (SSSR count). The van der Waals surface area contributed by atoms with E-state index >= 15 is 0 Å². The first-order valence-corrected chi connectivity index (χ1v) is 7.02. The van der Waals surface area contributed by atoms with Crippen molar-refractivity contribution >= 4 is 45.0 Å². The van der Waals surface area contributed by atoms with Crippen molar-refractivity contribution in [2.24, 2.45) is 5.14 Å². The fraction of sp³-hybridized carbons (Fsp3) is 0.250. The van der Waals surface area contributed by atoms with Gasteiger partial charge in [-0.2, -0.15) is 13.1 Å². The molecular weight excluding hydrogens is 311 g/mol. The molecule has 0 unspecified atom stereocenters. The minimum atomic E-state index is -3.72. The van der Waals surface area contributed by atoms with Gasteiger partial charge in [0.25, 0.3) is 10.2 Å². The Labute approximate surface area is 114 Å². The first-order valence-electron chi connectivity index (χ1n) is 4.34. The number of hydrogen-bond acceptors (Lipinski definition) is 3. The van der Waals surface area contributed by atoms with Crippen LogP contribution in [0.25, 0.3) is 0 Å². The SMILES string of the molecule is NS(=O)(=O)NCCOc1c(Cl)cc(Cl)cc1Cl. The first-order chi connectivity index (χ1) is 7.79. The summed E-state index contributed by atoms with van der Waals surface area (Å²) in [6, 6.07) is 2.94. The van der Waals surface area contributed by atoms with Crippen molar-refractivity contribution in [1.29, 1.82) is 0 Å². The zero-order chi connectivity index (χ0) is 13.1. The van der Waals surface area contributed by atoms with Crippen LogP contribution in [0.3, 0.4) is 0 Å². The molecule has 0 heterocycles. The summed E-state index contributed by atoms with van der Waals surface area (Å²) in [6.07, 6.45) is 0. The predicted octanol–water partition coefficient (Wildman–Crippen LogP) is 1.82. The zero-order valence-corrected chi connectivity index (χ0v) is 11.5. The molecule has 0 amide bonds. The Morgan fingerprint density at radius 2 is 1.76 bits per heavy atom. The molecule has 0 aliphatic rings. The van der Waals surface area contributed by atoms with E-state index in [1.165, 1.54) is 12.1 Å². The van der Waals surface area contributed by atoms with E-state index in [2.05, 4.69) is 4.72 Å². The summed E-state index contributed by atoms with van der Waals surface area (Å²) in [5, 5.41) is 5.61. The van der Waals surface area contributed by atoms with Crippen LogP contribution in [0.15, 0.2) is 12.1 Å². The average Bonchev–Trinajstić information content (AvgIpc) is 2.13. The molecule has 0 aromatic heterocycles. The lowest BCUT2D eigenvalue weighted by Crippen LogP contribution is -2.33. The van der Waals surface area contributed by atoms with E-state index < -0.39 is 10.2 Å². The Kier molecular flexibility index (Phi) is 5.30. The minimum absolute atomic E-state index is 0.00805. The third-order valence-electron chi connectivity index (χ3n) is 1.61. The highest BCUT2D eigenvalue weighted by molar-refractivity contribution is 7.87. The lowest BCUT2D eigenvalue weighted by atomic mass is 10.3. The second-order valence-electron chi connectivity index (χ2n) is 2.99. The fourth-order valence-corrected chi connectivity index (χ4v) is 2.30. The van der Waals surface area contributed by atoms with E-state index in [9.17, 15) is 8.42 Å². The molecule has 0 radical (unpaired) electrons. The molecule has 9 heteroatoms. The fourth-order valence-electron chi connectivity index (χ4n) is 1.00. The highest BCUT2D eigenvalue weighted by atomic mass is 35.5. The molecular formula is C8H9Cl3N2O3S. The summed E-state index contributed by atoms with van der Waals surface area (Å²) in [4.78, 5) is 0. The molecule has 0 spiro atoms. The Hall–Kier alpha value is -0.240. The number of halogens is 3. The summed E-state index contributed by atoms with van der Waals surface area (Å²) >= 11 is 17.4. The molecule has 1 aromatic rings. The monoisotopic (exact) mass is 318 g/mol. The summed E-state index contributed by atoms with van der Waals surface area (Å²) in [7, 11) is -3.72. The molecule has 17 heavy (non-hydrogen) atoms. The molecule has 0 saturated carbocycles. The summed E-state index contributed by atoms with van der Waals surface area (Å²) in [5.74, 6) is 0.244. The third kappa shape index (κ3) is 5.29. The van der Waals surface area contributed by atoms with Gasteiger partial charge in [0.1, 0.15) is 6.61 Å². The topological polar surface area (TPSA) is 81.4 Å². The maximum absolute atomic E-state index is 10.6. The second kappa shape index (κ2) is 6.08. The van der Waals surface area contributed by atoms with Crippen molar-refractivity contribution in [2.45, 2.75) is 0 Å². The molecule has 96 valence electrons. The van der Waals surface area contributed by atoms with Crippen molar-refractivity contribution in [3.05, 3.63) is 27.2 Å². The Morgan fingerprint density at radius 1 is 1.24 bits per heavy atom. The zero-order valence-electron chi connectivity index (χ0n) is 8.41. The molecule has 0 aliphatic carbocycles. The minimum Gasteiger partial charge on any atom is -0.489 e. The van der Waals surface area contributed by atoms with Crippen molar-refractivity contribution in [2.75, 3.05) is 13.2 Å². The molecule has 0 aliphatic heterocycles. The van der Waals surface area contributed by atoms with Gasteiger partial charge in [0.15, 0.2) is 5.75 Å². The van der Waals surface area contributed by atoms with Gasteiger partial charge in [-0.3, -0.25) is 0 Å². The van der Waals surface area contributed by atoms with Crippen LogP contribution in [0, 0.1) is 0 Å². The van der Waals surface area contributed by atoms with E-state index in [1.807, 2.05) is 0 Å². The van der Waals surface area contributed by atoms with Gasteiger partial charge >= 0.3 is 0 Å². The molecule has 0 fully saturated rings. The summed E-state index contributed by atoms with van der Waals surface area (Å²) in [6.45, 7) is 0.0472. The van der Waals surface area contributed by atoms with Crippen LogP contribution in [-0.2, 0) is 10.2 Å². The molecule has 5 nitrogen and oxygen atoms in total. The Balaban J connectivity index is 2.58. The number of nitrogens with one attached hydrogen (secondary N) is 1. The number of hydrogen-bond donors (Lipinski definition) is 2. The largest absolute Gasteiger partial charge is 0.489 e. The van der Waals surface area contributed by atoms with Gasteiger partial charge in [0.2, 0.25) is 0 Å². The van der Waals surface area contributed by atoms with Crippen LogP contribution >= 0.6 is 34.8 Å². The van der Waals surface area contributed by atoms with E-state index in [-0.39, 0.29) is 28.9 Å². The molecule has 0 saturated heterocycles. The lowest BCUT2D eigenvalue weighted by Gasteiger charge is -2.10. The predicted molar refractivity (Wildman–Crippen MR) is 68.1 cm³/mol. The molecule has 1 aromatic carbocycles. The summed E-state index contributed by atoms with van der Waals surface area (Å²) in [5.41, 5.74) is 0. The number of rotatable bonds is 5. The highest BCUT2D eigenvalue weighted by Crippen LogP contribution is 2.35. The van der Waals surface area contributed by atoms with Gasteiger partial charge in [0.05, 0.1) is 10.0 Å². The van der Waals surface area contributed by atoms with Crippen molar-refractivity contribution < 1.29 is 13.2 Å². The lowest BCUT2D eigenvalue weighted by molar-refractivity contribution is 0.323. The van der Waals surface area contributed by atoms with Crippen LogP contribution in [0.1, 0.15) is 0 Å². The van der Waals surface area contributed by atoms with Gasteiger partial charge in [-0.1, -0.05) is 34.8 Å². The Morgan fingerprint density at radius 3 is 2.24 bits per heavy atom. The normalized spacial score (nSPS) is 11.5. The smallest absolute Gasteiger partial charge is 0.274 e. The highest BCUT2D eigenvalue weighted by Gasteiger charge is 2.09. The quantitative estimate of drug-likeness (QED) is 0.812. The molecule has 0 bridgehead atoms. The molecule has 0 atom stereocenters. The molecule has 3 N–H and O–H groups in total. The van der Waals surface area contributed by atoms with Crippen molar-refractivity contribution in [3.8, 4) is 5.75 Å². The maximum Gasteiger partial charge on any atom is 0.274 e. The van der Waals surface area contributed by atoms with Crippen molar-refractivity contribution in [3.63, 3.8) is 0 Å². The van der Waals surface area contributed by atoms with Crippen molar-refractivity contribution in [1.82, 2.24) is 4.72 Å². The first kappa shape index (κ1) is 14.8. The van der Waals surface area contributed by atoms with Crippen LogP contribution in [-0.4, -0.2) is 21.6 Å². The van der Waals surface area contributed by atoms with Gasteiger partial charge in [0, 0.05) is 11.6 Å². The number of ether oxygens (including phenoxy) is 1. The van der Waals surface area contributed by atoms with Crippen LogP contribution in [0.2, 0.25) is 15.1 Å². The van der Waals surface area contributed by atoms with Gasteiger partial charge in [-0.15, -0.1) is 0 Å². The van der Waals surface area contributed by atoms with E-state index in [1.54, 1.807) is 0 Å². The van der Waals surface area contributed by atoms with E-state index in [0.717, 1.165) is 0 Å². The standard InChI is InChI=1S/C8H9Cl3N2O3S/c9-5-3-6(10)8(7(11)4-5)16-2-1-13-17(12,14)15/h3-4,13H,1-2H2,(H2,12,14,15). The van der Waals surface area contributed by atoms with Gasteiger partial charge in [-0.25, -0.2) is 5.14 Å². The maximum atomic E-state index is 10.6. The number of benzene rings is 1. The van der Waals surface area contributed by atoms with E-state index in [4.69, 9.17) is 44.7 Å². The van der Waals surface area contributed by atoms with Gasteiger partial charge < -0.3 is 4.74 Å². The van der Waals surface area contributed by atoms with Crippen LogP contribution in [0.4, 0.5) is 0 Å². The van der Waals surface area contributed by atoms with Crippen LogP contribution in [0.5, 0.6) is 5.75 Å². The Bertz CT molecular complexity index is 484. The van der Waals surface area contributed by atoms with Gasteiger partial charge in [-0.05, 0) is 12.1 Å².